The van der Waals surface area contributed by atoms with Gasteiger partial charge in [0.2, 0.25) is 11.9 Å². The zero-order valence-corrected chi connectivity index (χ0v) is 17.6. The summed E-state index contributed by atoms with van der Waals surface area (Å²) in [5.41, 5.74) is 4.18. The van der Waals surface area contributed by atoms with Crippen LogP contribution in [-0.4, -0.2) is 33.7 Å². The zero-order valence-electron chi connectivity index (χ0n) is 17.6. The molecule has 7 nitrogen and oxygen atoms in total. The van der Waals surface area contributed by atoms with Crippen LogP contribution >= 0.6 is 0 Å². The van der Waals surface area contributed by atoms with Gasteiger partial charge in [-0.05, 0) is 62.4 Å². The fraction of sp³-hybridized carbons (Fsp3) is 0.435. The van der Waals surface area contributed by atoms with E-state index in [0.717, 1.165) is 48.6 Å². The molecular weight excluding hydrogens is 378 g/mol. The third-order valence-electron chi connectivity index (χ3n) is 6.59. The molecule has 2 aliphatic rings. The third kappa shape index (κ3) is 3.13. The minimum Gasteiger partial charge on any atom is -0.381 e. The van der Waals surface area contributed by atoms with Crippen molar-refractivity contribution >= 4 is 28.9 Å². The summed E-state index contributed by atoms with van der Waals surface area (Å²) in [5.74, 6) is 1.54. The number of nitrogens with zero attached hydrogens (tertiary/aromatic N) is 3. The summed E-state index contributed by atoms with van der Waals surface area (Å²) < 4.78 is 7.47. The van der Waals surface area contributed by atoms with Gasteiger partial charge in [0, 0.05) is 36.2 Å². The molecule has 1 aromatic carbocycles. The van der Waals surface area contributed by atoms with Crippen molar-refractivity contribution in [2.75, 3.05) is 23.8 Å². The number of hydrogen-bond donors (Lipinski definition) is 2. The summed E-state index contributed by atoms with van der Waals surface area (Å²) in [6.45, 7) is 7.81. The van der Waals surface area contributed by atoms with E-state index in [-0.39, 0.29) is 5.91 Å². The summed E-state index contributed by atoms with van der Waals surface area (Å²) in [7, 11) is 0. The predicted molar refractivity (Wildman–Crippen MR) is 116 cm³/mol. The van der Waals surface area contributed by atoms with Gasteiger partial charge in [-0.2, -0.15) is 4.98 Å². The van der Waals surface area contributed by atoms with Gasteiger partial charge in [0.1, 0.15) is 0 Å². The molecular formula is C23H27N5O2. The quantitative estimate of drug-likeness (QED) is 0.679. The summed E-state index contributed by atoms with van der Waals surface area (Å²) in [6.07, 6.45) is 2.16. The summed E-state index contributed by atoms with van der Waals surface area (Å²) in [5, 5.41) is 11.0. The number of fused-ring (bicyclic) bond motifs is 2. The smallest absolute Gasteiger partial charge is 0.247 e. The molecule has 0 saturated carbocycles. The van der Waals surface area contributed by atoms with Gasteiger partial charge in [0.25, 0.3) is 0 Å². The topological polar surface area (TPSA) is 80.5 Å². The molecule has 156 valence electrons. The van der Waals surface area contributed by atoms with E-state index < -0.39 is 5.41 Å². The molecule has 5 rings (SSSR count). The monoisotopic (exact) mass is 405 g/mol. The first-order valence-corrected chi connectivity index (χ1v) is 10.6. The second-order valence-electron chi connectivity index (χ2n) is 8.86. The van der Waals surface area contributed by atoms with Crippen LogP contribution in [0.15, 0.2) is 36.4 Å². The van der Waals surface area contributed by atoms with Crippen LogP contribution in [0.2, 0.25) is 0 Å². The highest BCUT2D eigenvalue weighted by Crippen LogP contribution is 2.39. The van der Waals surface area contributed by atoms with Gasteiger partial charge < -0.3 is 15.4 Å². The Morgan fingerprint density at radius 3 is 2.83 bits per heavy atom. The zero-order chi connectivity index (χ0) is 20.9. The Kier molecular flexibility index (Phi) is 4.50. The van der Waals surface area contributed by atoms with E-state index in [2.05, 4.69) is 28.6 Å². The lowest BCUT2D eigenvalue weighted by Crippen LogP contribution is -2.26. The van der Waals surface area contributed by atoms with E-state index in [9.17, 15) is 4.79 Å². The molecule has 7 heteroatoms. The SMILES string of the molecule is CC(c1cccc2nc(Nc3ccc4c(c3)NC(=O)C4(C)C)nn12)C1CCOCC1. The van der Waals surface area contributed by atoms with Crippen LogP contribution in [0.25, 0.3) is 5.65 Å². The first-order valence-electron chi connectivity index (χ1n) is 10.6. The second-order valence-corrected chi connectivity index (χ2v) is 8.86. The number of amides is 1. The highest BCUT2D eigenvalue weighted by Gasteiger charge is 2.38. The maximum absolute atomic E-state index is 12.2. The van der Waals surface area contributed by atoms with Crippen molar-refractivity contribution in [1.82, 2.24) is 14.6 Å². The van der Waals surface area contributed by atoms with Crippen LogP contribution in [0, 0.1) is 5.92 Å². The van der Waals surface area contributed by atoms with Gasteiger partial charge in [-0.15, -0.1) is 5.10 Å². The summed E-state index contributed by atoms with van der Waals surface area (Å²) in [4.78, 5) is 16.9. The molecule has 1 amide bonds. The Balaban J connectivity index is 1.43. The predicted octanol–water partition coefficient (Wildman–Crippen LogP) is 4.23. The molecule has 1 fully saturated rings. The Morgan fingerprint density at radius 2 is 2.03 bits per heavy atom. The first kappa shape index (κ1) is 19.1. The average molecular weight is 406 g/mol. The molecule has 4 heterocycles. The van der Waals surface area contributed by atoms with Crippen molar-refractivity contribution < 1.29 is 9.53 Å². The van der Waals surface area contributed by atoms with Gasteiger partial charge in [-0.25, -0.2) is 4.52 Å². The molecule has 0 aliphatic carbocycles. The molecule has 0 radical (unpaired) electrons. The van der Waals surface area contributed by atoms with Crippen molar-refractivity contribution in [3.8, 4) is 0 Å². The fourth-order valence-corrected chi connectivity index (χ4v) is 4.58. The van der Waals surface area contributed by atoms with E-state index in [4.69, 9.17) is 9.84 Å². The van der Waals surface area contributed by atoms with E-state index in [1.54, 1.807) is 0 Å². The number of benzene rings is 1. The number of pyridine rings is 1. The molecule has 1 unspecified atom stereocenters. The van der Waals surface area contributed by atoms with Crippen LogP contribution < -0.4 is 10.6 Å². The van der Waals surface area contributed by atoms with Crippen molar-refractivity contribution in [1.29, 1.82) is 0 Å². The number of carbonyl (C=O) groups is 1. The standard InChI is InChI=1S/C23H27N5O2/c1-14(15-9-11-30-12-10-15)19-5-4-6-20-26-22(27-28(19)20)24-16-7-8-17-18(13-16)25-21(29)23(17,2)3/h4-8,13-15H,9-12H2,1-3H3,(H,24,27)(H,25,29). The third-order valence-corrected chi connectivity index (χ3v) is 6.59. The van der Waals surface area contributed by atoms with Crippen LogP contribution in [0.3, 0.4) is 0 Å². The van der Waals surface area contributed by atoms with Gasteiger partial charge in [-0.1, -0.05) is 19.1 Å². The largest absolute Gasteiger partial charge is 0.381 e. The fourth-order valence-electron chi connectivity index (χ4n) is 4.58. The second kappa shape index (κ2) is 7.09. The van der Waals surface area contributed by atoms with Crippen LogP contribution in [0.1, 0.15) is 50.8 Å². The number of hydrogen-bond acceptors (Lipinski definition) is 5. The molecule has 2 aromatic heterocycles. The first-order chi connectivity index (χ1) is 14.4. The van der Waals surface area contributed by atoms with E-state index in [0.29, 0.717) is 17.8 Å². The molecule has 30 heavy (non-hydrogen) atoms. The molecule has 0 bridgehead atoms. The van der Waals surface area contributed by atoms with Crippen molar-refractivity contribution in [3.63, 3.8) is 0 Å². The van der Waals surface area contributed by atoms with Crippen molar-refractivity contribution in [2.45, 2.75) is 44.9 Å². The number of aromatic nitrogens is 3. The minimum absolute atomic E-state index is 0.0206. The van der Waals surface area contributed by atoms with E-state index >= 15 is 0 Å². The lowest BCUT2D eigenvalue weighted by Gasteiger charge is -2.28. The van der Waals surface area contributed by atoms with Gasteiger partial charge in [0.05, 0.1) is 5.41 Å². The molecule has 3 aromatic rings. The number of ether oxygens (including phenoxy) is 1. The van der Waals surface area contributed by atoms with Crippen LogP contribution in [0.5, 0.6) is 0 Å². The van der Waals surface area contributed by atoms with Gasteiger partial charge in [0.15, 0.2) is 5.65 Å². The Hall–Kier alpha value is -2.93. The van der Waals surface area contributed by atoms with E-state index in [1.807, 2.05) is 48.7 Å². The number of rotatable bonds is 4. The Labute approximate surface area is 175 Å². The molecule has 1 atom stereocenters. The number of anilines is 3. The number of nitrogens with one attached hydrogen (secondary N) is 2. The van der Waals surface area contributed by atoms with Crippen LogP contribution in [0.4, 0.5) is 17.3 Å². The van der Waals surface area contributed by atoms with Gasteiger partial charge in [-0.3, -0.25) is 4.79 Å². The summed E-state index contributed by atoms with van der Waals surface area (Å²) in [6, 6.07) is 12.1. The number of carbonyl (C=O) groups excluding carboxylic acids is 1. The maximum Gasteiger partial charge on any atom is 0.247 e. The van der Waals surface area contributed by atoms with E-state index in [1.165, 1.54) is 5.69 Å². The molecule has 2 aliphatic heterocycles. The van der Waals surface area contributed by atoms with Crippen LogP contribution in [-0.2, 0) is 14.9 Å². The summed E-state index contributed by atoms with van der Waals surface area (Å²) >= 11 is 0. The lowest BCUT2D eigenvalue weighted by molar-refractivity contribution is -0.119. The molecule has 2 N–H and O–H groups in total. The lowest BCUT2D eigenvalue weighted by atomic mass is 9.85. The molecule has 1 saturated heterocycles. The average Bonchev–Trinajstić information content (AvgIpc) is 3.25. The minimum atomic E-state index is -0.510. The maximum atomic E-state index is 12.2. The highest BCUT2D eigenvalue weighted by molar-refractivity contribution is 6.06. The van der Waals surface area contributed by atoms with Crippen molar-refractivity contribution in [2.24, 2.45) is 5.92 Å². The van der Waals surface area contributed by atoms with Gasteiger partial charge >= 0.3 is 0 Å². The Morgan fingerprint density at radius 1 is 1.23 bits per heavy atom. The Bertz CT molecular complexity index is 1110. The highest BCUT2D eigenvalue weighted by atomic mass is 16.5. The normalized spacial score (nSPS) is 19.5. The molecule has 0 spiro atoms. The van der Waals surface area contributed by atoms with Crippen molar-refractivity contribution in [3.05, 3.63) is 47.7 Å².